The van der Waals surface area contributed by atoms with Crippen LogP contribution in [0, 0.1) is 5.92 Å². The Morgan fingerprint density at radius 3 is 2.45 bits per heavy atom. The van der Waals surface area contributed by atoms with E-state index in [2.05, 4.69) is 13.5 Å². The fourth-order valence-electron chi connectivity index (χ4n) is 3.24. The molecule has 120 valence electrons. The van der Waals surface area contributed by atoms with Crippen molar-refractivity contribution in [2.24, 2.45) is 5.92 Å². The smallest absolute Gasteiger partial charge is 0.253 e. The molecule has 1 saturated heterocycles. The molecule has 0 unspecified atom stereocenters. The lowest BCUT2D eigenvalue weighted by Crippen LogP contribution is -2.38. The van der Waals surface area contributed by atoms with Gasteiger partial charge in [-0.3, -0.25) is 4.79 Å². The average molecular weight is 299 g/mol. The molecule has 1 aliphatic rings. The summed E-state index contributed by atoms with van der Waals surface area (Å²) in [5.74, 6) is 0.786. The minimum Gasteiger partial charge on any atom is -0.339 e. The standard InChI is InChI=1S/C20H29NO/c1-3-4-5-7-10-17(2)18-13-15-21(16-14-18)20(22)19-11-8-6-9-12-19/h6,8-9,11-12,18H,2-5,7,10,13-16H2,1H3. The highest BCUT2D eigenvalue weighted by atomic mass is 16.2. The molecule has 1 aliphatic heterocycles. The third-order valence-electron chi connectivity index (χ3n) is 4.73. The summed E-state index contributed by atoms with van der Waals surface area (Å²) in [5, 5.41) is 0. The highest BCUT2D eigenvalue weighted by molar-refractivity contribution is 5.94. The van der Waals surface area contributed by atoms with Gasteiger partial charge in [-0.15, -0.1) is 0 Å². The van der Waals surface area contributed by atoms with E-state index in [1.807, 2.05) is 35.2 Å². The zero-order valence-electron chi connectivity index (χ0n) is 13.9. The number of hydrogen-bond donors (Lipinski definition) is 0. The van der Waals surface area contributed by atoms with Gasteiger partial charge in [-0.05, 0) is 43.7 Å². The van der Waals surface area contributed by atoms with E-state index < -0.39 is 0 Å². The first-order valence-corrected chi connectivity index (χ1v) is 8.74. The number of rotatable bonds is 7. The molecule has 22 heavy (non-hydrogen) atoms. The summed E-state index contributed by atoms with van der Waals surface area (Å²) < 4.78 is 0. The molecule has 0 radical (unpaired) electrons. The van der Waals surface area contributed by atoms with E-state index in [-0.39, 0.29) is 5.91 Å². The van der Waals surface area contributed by atoms with Gasteiger partial charge in [0.2, 0.25) is 0 Å². The molecule has 0 saturated carbocycles. The van der Waals surface area contributed by atoms with Crippen LogP contribution in [0.1, 0.15) is 62.2 Å². The monoisotopic (exact) mass is 299 g/mol. The Morgan fingerprint density at radius 1 is 1.14 bits per heavy atom. The van der Waals surface area contributed by atoms with Gasteiger partial charge in [-0.2, -0.15) is 0 Å². The van der Waals surface area contributed by atoms with Gasteiger partial charge in [0, 0.05) is 18.7 Å². The summed E-state index contributed by atoms with van der Waals surface area (Å²) in [7, 11) is 0. The number of benzene rings is 1. The molecular weight excluding hydrogens is 270 g/mol. The van der Waals surface area contributed by atoms with Crippen LogP contribution in [0.2, 0.25) is 0 Å². The summed E-state index contributed by atoms with van der Waals surface area (Å²) in [4.78, 5) is 14.4. The maximum Gasteiger partial charge on any atom is 0.253 e. The predicted octanol–water partition coefficient (Wildman–Crippen LogP) is 5.07. The van der Waals surface area contributed by atoms with Gasteiger partial charge >= 0.3 is 0 Å². The summed E-state index contributed by atoms with van der Waals surface area (Å²) in [5.41, 5.74) is 2.21. The van der Waals surface area contributed by atoms with E-state index in [9.17, 15) is 4.79 Å². The second-order valence-corrected chi connectivity index (χ2v) is 6.40. The summed E-state index contributed by atoms with van der Waals surface area (Å²) in [6.45, 7) is 8.28. The van der Waals surface area contributed by atoms with Crippen molar-refractivity contribution < 1.29 is 4.79 Å². The van der Waals surface area contributed by atoms with Crippen LogP contribution in [0.5, 0.6) is 0 Å². The van der Waals surface area contributed by atoms with Crippen molar-refractivity contribution in [2.45, 2.75) is 51.9 Å². The first-order valence-electron chi connectivity index (χ1n) is 8.74. The highest BCUT2D eigenvalue weighted by Crippen LogP contribution is 2.27. The van der Waals surface area contributed by atoms with Crippen molar-refractivity contribution in [3.05, 3.63) is 48.0 Å². The molecule has 0 atom stereocenters. The molecule has 2 rings (SSSR count). The maximum absolute atomic E-state index is 12.4. The zero-order chi connectivity index (χ0) is 15.8. The SMILES string of the molecule is C=C(CCCCCC)C1CCN(C(=O)c2ccccc2)CC1. The first kappa shape index (κ1) is 16.8. The van der Waals surface area contributed by atoms with E-state index in [4.69, 9.17) is 0 Å². The summed E-state index contributed by atoms with van der Waals surface area (Å²) >= 11 is 0. The Labute approximate surface area is 135 Å². The van der Waals surface area contributed by atoms with Gasteiger partial charge in [-0.25, -0.2) is 0 Å². The summed E-state index contributed by atoms with van der Waals surface area (Å²) in [6, 6.07) is 9.62. The van der Waals surface area contributed by atoms with E-state index in [0.29, 0.717) is 5.92 Å². The van der Waals surface area contributed by atoms with Gasteiger partial charge in [-0.1, -0.05) is 56.5 Å². The lowest BCUT2D eigenvalue weighted by atomic mass is 9.87. The molecule has 1 amide bonds. The minimum atomic E-state index is 0.174. The van der Waals surface area contributed by atoms with Gasteiger partial charge in [0.25, 0.3) is 5.91 Å². The van der Waals surface area contributed by atoms with Crippen LogP contribution in [0.4, 0.5) is 0 Å². The van der Waals surface area contributed by atoms with E-state index in [1.54, 1.807) is 0 Å². The molecule has 0 aromatic heterocycles. The van der Waals surface area contributed by atoms with Crippen molar-refractivity contribution in [3.63, 3.8) is 0 Å². The first-order chi connectivity index (χ1) is 10.7. The van der Waals surface area contributed by atoms with Crippen molar-refractivity contribution in [2.75, 3.05) is 13.1 Å². The Bertz CT molecular complexity index is 472. The van der Waals surface area contributed by atoms with Gasteiger partial charge in [0.1, 0.15) is 0 Å². The Balaban J connectivity index is 1.75. The number of carbonyl (C=O) groups excluding carboxylic acids is 1. The highest BCUT2D eigenvalue weighted by Gasteiger charge is 2.24. The molecule has 0 aliphatic carbocycles. The predicted molar refractivity (Wildman–Crippen MR) is 93.0 cm³/mol. The second-order valence-electron chi connectivity index (χ2n) is 6.40. The number of likely N-dealkylation sites (tertiary alicyclic amines) is 1. The third kappa shape index (κ3) is 4.72. The molecular formula is C20H29NO. The normalized spacial score (nSPS) is 15.8. The van der Waals surface area contributed by atoms with Crippen LogP contribution in [-0.4, -0.2) is 23.9 Å². The number of piperidine rings is 1. The fraction of sp³-hybridized carbons (Fsp3) is 0.550. The molecule has 1 aromatic carbocycles. The number of hydrogen-bond acceptors (Lipinski definition) is 1. The topological polar surface area (TPSA) is 20.3 Å². The van der Waals surface area contributed by atoms with Crippen LogP contribution in [0.15, 0.2) is 42.5 Å². The second kappa shape index (κ2) is 8.77. The largest absolute Gasteiger partial charge is 0.339 e. The average Bonchev–Trinajstić information content (AvgIpc) is 2.59. The molecule has 1 fully saturated rings. The zero-order valence-corrected chi connectivity index (χ0v) is 13.9. The van der Waals surface area contributed by atoms with Crippen LogP contribution in [0.3, 0.4) is 0 Å². The van der Waals surface area contributed by atoms with E-state index in [0.717, 1.165) is 37.9 Å². The van der Waals surface area contributed by atoms with Crippen LogP contribution in [-0.2, 0) is 0 Å². The maximum atomic E-state index is 12.4. The quantitative estimate of drug-likeness (QED) is 0.509. The van der Waals surface area contributed by atoms with Crippen molar-refractivity contribution in [3.8, 4) is 0 Å². The van der Waals surface area contributed by atoms with Crippen LogP contribution < -0.4 is 0 Å². The van der Waals surface area contributed by atoms with E-state index in [1.165, 1.54) is 31.3 Å². The Kier molecular flexibility index (Phi) is 6.70. The third-order valence-corrected chi connectivity index (χ3v) is 4.73. The minimum absolute atomic E-state index is 0.174. The van der Waals surface area contributed by atoms with E-state index >= 15 is 0 Å². The Hall–Kier alpha value is -1.57. The number of nitrogens with zero attached hydrogens (tertiary/aromatic N) is 1. The number of amides is 1. The number of unbranched alkanes of at least 4 members (excludes halogenated alkanes) is 3. The molecule has 0 spiro atoms. The summed E-state index contributed by atoms with van der Waals surface area (Å²) in [6.07, 6.45) is 8.52. The van der Waals surface area contributed by atoms with Crippen molar-refractivity contribution >= 4 is 5.91 Å². The molecule has 1 aromatic rings. The van der Waals surface area contributed by atoms with Gasteiger partial charge < -0.3 is 4.90 Å². The van der Waals surface area contributed by atoms with Crippen molar-refractivity contribution in [1.82, 2.24) is 4.90 Å². The van der Waals surface area contributed by atoms with Crippen LogP contribution in [0.25, 0.3) is 0 Å². The van der Waals surface area contributed by atoms with Crippen molar-refractivity contribution in [1.29, 1.82) is 0 Å². The lowest BCUT2D eigenvalue weighted by molar-refractivity contribution is 0.0701. The molecule has 2 nitrogen and oxygen atoms in total. The molecule has 2 heteroatoms. The Morgan fingerprint density at radius 2 is 1.82 bits per heavy atom. The van der Waals surface area contributed by atoms with Gasteiger partial charge in [0.05, 0.1) is 0 Å². The lowest BCUT2D eigenvalue weighted by Gasteiger charge is -2.33. The molecule has 0 N–H and O–H groups in total. The number of carbonyl (C=O) groups is 1. The molecule has 1 heterocycles. The molecule has 0 bridgehead atoms. The number of allylic oxidation sites excluding steroid dienone is 1. The fourth-order valence-corrected chi connectivity index (χ4v) is 3.24. The van der Waals surface area contributed by atoms with Gasteiger partial charge in [0.15, 0.2) is 0 Å². The van der Waals surface area contributed by atoms with Crippen LogP contribution >= 0.6 is 0 Å².